The number of hydrogen-bond donors (Lipinski definition) is 0. The SMILES string of the molecule is CCCCOc1ccc(N=Cc2ccc(C(=O)OCCC(C)CCOC(=O)c3ccc(C=Nc4ccc(OCCCC)cc4)cc3)cc2)cc1. The van der Waals surface area contributed by atoms with Crippen molar-refractivity contribution in [2.75, 3.05) is 26.4 Å². The van der Waals surface area contributed by atoms with Crippen LogP contribution in [0.4, 0.5) is 11.4 Å². The highest BCUT2D eigenvalue weighted by atomic mass is 16.5. The predicted molar refractivity (Wildman–Crippen MR) is 200 cm³/mol. The molecule has 0 fully saturated rings. The third-order valence-electron chi connectivity index (χ3n) is 7.91. The molecule has 0 bridgehead atoms. The molecule has 262 valence electrons. The van der Waals surface area contributed by atoms with Gasteiger partial charge in [0.25, 0.3) is 0 Å². The summed E-state index contributed by atoms with van der Waals surface area (Å²) < 4.78 is 22.4. The first kappa shape index (κ1) is 37.6. The molecule has 8 nitrogen and oxygen atoms in total. The van der Waals surface area contributed by atoms with Crippen molar-refractivity contribution in [2.45, 2.75) is 59.3 Å². The van der Waals surface area contributed by atoms with Crippen LogP contribution >= 0.6 is 0 Å². The average molecular weight is 677 g/mol. The van der Waals surface area contributed by atoms with Crippen LogP contribution in [-0.4, -0.2) is 50.8 Å². The van der Waals surface area contributed by atoms with Crippen LogP contribution in [0.5, 0.6) is 11.5 Å². The number of benzene rings is 4. The van der Waals surface area contributed by atoms with Crippen molar-refractivity contribution in [1.82, 2.24) is 0 Å². The van der Waals surface area contributed by atoms with Crippen molar-refractivity contribution in [3.05, 3.63) is 119 Å². The molecule has 8 heteroatoms. The molecule has 0 saturated carbocycles. The van der Waals surface area contributed by atoms with E-state index in [1.807, 2.05) is 79.7 Å². The normalized spacial score (nSPS) is 11.8. The fourth-order valence-corrected chi connectivity index (χ4v) is 4.65. The maximum absolute atomic E-state index is 12.5. The molecule has 0 heterocycles. The van der Waals surface area contributed by atoms with E-state index in [-0.39, 0.29) is 31.1 Å². The van der Waals surface area contributed by atoms with Gasteiger partial charge in [0.1, 0.15) is 11.5 Å². The Morgan fingerprint density at radius 1 is 0.560 bits per heavy atom. The van der Waals surface area contributed by atoms with Crippen molar-refractivity contribution in [1.29, 1.82) is 0 Å². The van der Waals surface area contributed by atoms with Crippen molar-refractivity contribution in [3.63, 3.8) is 0 Å². The summed E-state index contributed by atoms with van der Waals surface area (Å²) in [6.45, 7) is 8.32. The molecule has 50 heavy (non-hydrogen) atoms. The van der Waals surface area contributed by atoms with Gasteiger partial charge in [-0.1, -0.05) is 57.9 Å². The summed E-state index contributed by atoms with van der Waals surface area (Å²) in [5.74, 6) is 1.14. The number of carbonyl (C=O) groups excluding carboxylic acids is 2. The molecule has 0 spiro atoms. The van der Waals surface area contributed by atoms with E-state index in [4.69, 9.17) is 18.9 Å². The molecule has 4 aromatic carbocycles. The second kappa shape index (κ2) is 21.0. The van der Waals surface area contributed by atoms with E-state index in [2.05, 4.69) is 23.8 Å². The minimum Gasteiger partial charge on any atom is -0.494 e. The molecule has 0 atom stereocenters. The van der Waals surface area contributed by atoms with Crippen molar-refractivity contribution in [2.24, 2.45) is 15.9 Å². The van der Waals surface area contributed by atoms with Gasteiger partial charge in [-0.3, -0.25) is 9.98 Å². The number of unbranched alkanes of at least 4 members (excludes halogenated alkanes) is 2. The van der Waals surface area contributed by atoms with Crippen LogP contribution in [-0.2, 0) is 9.47 Å². The summed E-state index contributed by atoms with van der Waals surface area (Å²) in [6.07, 6.45) is 9.11. The summed E-state index contributed by atoms with van der Waals surface area (Å²) >= 11 is 0. The summed E-state index contributed by atoms with van der Waals surface area (Å²) in [6, 6.07) is 29.6. The fourth-order valence-electron chi connectivity index (χ4n) is 4.65. The predicted octanol–water partition coefficient (Wildman–Crippen LogP) is 9.98. The Balaban J connectivity index is 1.10. The van der Waals surface area contributed by atoms with Gasteiger partial charge in [-0.05, 0) is 116 Å². The second-order valence-electron chi connectivity index (χ2n) is 12.1. The monoisotopic (exact) mass is 676 g/mol. The molecule has 0 aromatic heterocycles. The number of aliphatic imine (C=N–C) groups is 2. The van der Waals surface area contributed by atoms with Crippen LogP contribution in [0.25, 0.3) is 0 Å². The molecule has 0 unspecified atom stereocenters. The van der Waals surface area contributed by atoms with Crippen molar-refractivity contribution < 1.29 is 28.5 Å². The first-order valence-corrected chi connectivity index (χ1v) is 17.5. The van der Waals surface area contributed by atoms with Crippen molar-refractivity contribution >= 4 is 35.7 Å². The molecule has 4 aromatic rings. The van der Waals surface area contributed by atoms with Crippen LogP contribution in [0.1, 0.15) is 91.1 Å². The fraction of sp³-hybridized carbons (Fsp3) is 0.333. The first-order valence-electron chi connectivity index (χ1n) is 17.5. The van der Waals surface area contributed by atoms with Gasteiger partial charge in [-0.25, -0.2) is 9.59 Å². The molecular weight excluding hydrogens is 628 g/mol. The number of hydrogen-bond acceptors (Lipinski definition) is 8. The molecule has 4 rings (SSSR count). The Bertz CT molecular complexity index is 1520. The van der Waals surface area contributed by atoms with Crippen LogP contribution in [0, 0.1) is 5.92 Å². The number of ether oxygens (including phenoxy) is 4. The third-order valence-corrected chi connectivity index (χ3v) is 7.91. The van der Waals surface area contributed by atoms with Gasteiger partial charge in [-0.2, -0.15) is 0 Å². The van der Waals surface area contributed by atoms with E-state index in [0.717, 1.165) is 59.7 Å². The quantitative estimate of drug-likeness (QED) is 0.0525. The zero-order valence-corrected chi connectivity index (χ0v) is 29.4. The van der Waals surface area contributed by atoms with Gasteiger partial charge >= 0.3 is 11.9 Å². The number of rotatable bonds is 20. The van der Waals surface area contributed by atoms with Crippen LogP contribution in [0.2, 0.25) is 0 Å². The van der Waals surface area contributed by atoms with E-state index in [1.165, 1.54) is 0 Å². The zero-order chi connectivity index (χ0) is 35.4. The maximum Gasteiger partial charge on any atom is 0.338 e. The molecule has 0 N–H and O–H groups in total. The lowest BCUT2D eigenvalue weighted by Gasteiger charge is -2.12. The highest BCUT2D eigenvalue weighted by Crippen LogP contribution is 2.20. The summed E-state index contributed by atoms with van der Waals surface area (Å²) in [5.41, 5.74) is 4.37. The van der Waals surface area contributed by atoms with E-state index in [1.54, 1.807) is 36.7 Å². The van der Waals surface area contributed by atoms with E-state index in [0.29, 0.717) is 37.2 Å². The Labute approximate surface area is 296 Å². The Kier molecular flexibility index (Phi) is 15.8. The highest BCUT2D eigenvalue weighted by Gasteiger charge is 2.11. The van der Waals surface area contributed by atoms with Gasteiger partial charge in [0.2, 0.25) is 0 Å². The maximum atomic E-state index is 12.5. The minimum atomic E-state index is -0.371. The summed E-state index contributed by atoms with van der Waals surface area (Å²) in [4.78, 5) is 34.1. The Morgan fingerprint density at radius 2 is 0.940 bits per heavy atom. The first-order chi connectivity index (χ1) is 24.4. The molecule has 0 aliphatic heterocycles. The summed E-state index contributed by atoms with van der Waals surface area (Å²) in [5, 5.41) is 0. The van der Waals surface area contributed by atoms with Crippen LogP contribution < -0.4 is 9.47 Å². The van der Waals surface area contributed by atoms with E-state index < -0.39 is 0 Å². The number of esters is 2. The Morgan fingerprint density at radius 3 is 1.30 bits per heavy atom. The van der Waals surface area contributed by atoms with Crippen molar-refractivity contribution in [3.8, 4) is 11.5 Å². The minimum absolute atomic E-state index is 0.210. The second-order valence-corrected chi connectivity index (χ2v) is 12.1. The standard InChI is InChI=1S/C42H48N2O6/c1-4-6-26-47-39-20-16-37(17-21-39)43-30-33-8-12-35(13-9-33)41(45)49-28-24-32(3)25-29-50-42(46)36-14-10-34(11-15-36)31-44-38-18-22-40(23-19-38)48-27-7-5-2/h8-23,30-32H,4-7,24-29H2,1-3H3. The molecule has 0 aliphatic carbocycles. The lowest BCUT2D eigenvalue weighted by molar-refractivity contribution is 0.0450. The molecule has 0 saturated heterocycles. The smallest absolute Gasteiger partial charge is 0.338 e. The van der Waals surface area contributed by atoms with E-state index >= 15 is 0 Å². The van der Waals surface area contributed by atoms with Gasteiger partial charge in [0.15, 0.2) is 0 Å². The lowest BCUT2D eigenvalue weighted by atomic mass is 10.1. The van der Waals surface area contributed by atoms with Crippen LogP contribution in [0.3, 0.4) is 0 Å². The molecule has 0 amide bonds. The van der Waals surface area contributed by atoms with Crippen LogP contribution in [0.15, 0.2) is 107 Å². The van der Waals surface area contributed by atoms with Gasteiger partial charge < -0.3 is 18.9 Å². The molecule has 0 aliphatic rings. The lowest BCUT2D eigenvalue weighted by Crippen LogP contribution is -2.12. The third kappa shape index (κ3) is 13.3. The topological polar surface area (TPSA) is 95.8 Å². The molecule has 0 radical (unpaired) electrons. The summed E-state index contributed by atoms with van der Waals surface area (Å²) in [7, 11) is 0. The average Bonchev–Trinajstić information content (AvgIpc) is 3.14. The number of nitrogens with zero attached hydrogens (tertiary/aromatic N) is 2. The highest BCUT2D eigenvalue weighted by molar-refractivity contribution is 5.91. The van der Waals surface area contributed by atoms with E-state index in [9.17, 15) is 9.59 Å². The largest absolute Gasteiger partial charge is 0.494 e. The Hall–Kier alpha value is -5.24. The zero-order valence-electron chi connectivity index (χ0n) is 29.4. The number of carbonyl (C=O) groups is 2. The van der Waals surface area contributed by atoms with Gasteiger partial charge in [0.05, 0.1) is 48.9 Å². The van der Waals surface area contributed by atoms with Gasteiger partial charge in [-0.15, -0.1) is 0 Å². The molecular formula is C42H48N2O6. The van der Waals surface area contributed by atoms with Gasteiger partial charge in [0, 0.05) is 12.4 Å².